The minimum atomic E-state index is -0.999. The Kier molecular flexibility index (Phi) is 3.54. The maximum atomic E-state index is 9.46. The van der Waals surface area contributed by atoms with Gasteiger partial charge in [0.05, 0.1) is 0 Å². The van der Waals surface area contributed by atoms with Crippen LogP contribution >= 0.6 is 11.6 Å². The minimum Gasteiger partial charge on any atom is -0.399 e. The van der Waals surface area contributed by atoms with Gasteiger partial charge in [0.1, 0.15) is 0 Å². The van der Waals surface area contributed by atoms with Crippen LogP contribution in [0, 0.1) is 0 Å². The summed E-state index contributed by atoms with van der Waals surface area (Å²) in [5.74, 6) is 0. The van der Waals surface area contributed by atoms with E-state index in [1.165, 1.54) is 0 Å². The number of anilines is 1. The summed E-state index contributed by atoms with van der Waals surface area (Å²) >= 11 is 5.83. The number of nitrogen functional groups attached to an aromatic ring is 1. The van der Waals surface area contributed by atoms with Crippen molar-refractivity contribution in [2.75, 3.05) is 12.3 Å². The second-order valence-electron chi connectivity index (χ2n) is 2.59. The molecule has 0 fully saturated rings. The maximum Gasteiger partial charge on any atom is 0.182 e. The highest BCUT2D eigenvalue weighted by atomic mass is 35.5. The molecule has 0 aromatic heterocycles. The third-order valence-electron chi connectivity index (χ3n) is 1.61. The second-order valence-corrected chi connectivity index (χ2v) is 3.00. The molecule has 0 radical (unpaired) electrons. The Morgan fingerprint density at radius 2 is 2.31 bits per heavy atom. The van der Waals surface area contributed by atoms with Crippen molar-refractivity contribution in [1.29, 1.82) is 0 Å². The van der Waals surface area contributed by atoms with Gasteiger partial charge in [-0.3, -0.25) is 0 Å². The molecule has 0 aliphatic rings. The Hall–Kier alpha value is -0.770. The molecule has 72 valence electrons. The molecule has 4 heteroatoms. The van der Waals surface area contributed by atoms with Gasteiger partial charge in [-0.1, -0.05) is 11.6 Å². The molecule has 3 nitrogen and oxygen atoms in total. The van der Waals surface area contributed by atoms with E-state index in [1.54, 1.807) is 25.1 Å². The predicted molar refractivity (Wildman–Crippen MR) is 52.5 cm³/mol. The molecule has 13 heavy (non-hydrogen) atoms. The quantitative estimate of drug-likeness (QED) is 0.581. The van der Waals surface area contributed by atoms with Gasteiger partial charge >= 0.3 is 0 Å². The Balaban J connectivity index is 2.91. The molecule has 1 rings (SSSR count). The molecule has 1 unspecified atom stereocenters. The van der Waals surface area contributed by atoms with Crippen molar-refractivity contribution >= 4 is 17.3 Å². The predicted octanol–water partition coefficient (Wildman–Crippen LogP) is 1.95. The summed E-state index contributed by atoms with van der Waals surface area (Å²) < 4.78 is 4.98. The summed E-state index contributed by atoms with van der Waals surface area (Å²) in [5.41, 5.74) is 6.59. The highest BCUT2D eigenvalue weighted by Gasteiger charge is 2.10. The lowest BCUT2D eigenvalue weighted by molar-refractivity contribution is -0.0978. The standard InChI is InChI=1S/C9H12ClNO2/c1-2-13-9(12)7-5-6(11)3-4-8(7)10/h3-5,9,12H,2,11H2,1H3. The highest BCUT2D eigenvalue weighted by Crippen LogP contribution is 2.25. The molecule has 1 aromatic rings. The number of aliphatic hydroxyl groups is 1. The Bertz CT molecular complexity index is 291. The van der Waals surface area contributed by atoms with Crippen molar-refractivity contribution < 1.29 is 9.84 Å². The van der Waals surface area contributed by atoms with Crippen molar-refractivity contribution in [3.8, 4) is 0 Å². The number of hydrogen-bond donors (Lipinski definition) is 2. The molecule has 0 bridgehead atoms. The second kappa shape index (κ2) is 4.46. The maximum absolute atomic E-state index is 9.46. The van der Waals surface area contributed by atoms with E-state index in [2.05, 4.69) is 0 Å². The van der Waals surface area contributed by atoms with Gasteiger partial charge in [-0.05, 0) is 25.1 Å². The van der Waals surface area contributed by atoms with Gasteiger partial charge in [0.25, 0.3) is 0 Å². The van der Waals surface area contributed by atoms with Crippen LogP contribution in [0.3, 0.4) is 0 Å². The van der Waals surface area contributed by atoms with E-state index < -0.39 is 6.29 Å². The zero-order chi connectivity index (χ0) is 9.84. The third kappa shape index (κ3) is 2.59. The molecular formula is C9H12ClNO2. The van der Waals surface area contributed by atoms with Gasteiger partial charge in [-0.25, -0.2) is 0 Å². The monoisotopic (exact) mass is 201 g/mol. The molecule has 0 saturated heterocycles. The summed E-state index contributed by atoms with van der Waals surface area (Å²) in [7, 11) is 0. The first kappa shape index (κ1) is 10.3. The molecule has 0 aliphatic carbocycles. The van der Waals surface area contributed by atoms with Crippen molar-refractivity contribution in [2.24, 2.45) is 0 Å². The van der Waals surface area contributed by atoms with Gasteiger partial charge in [-0.2, -0.15) is 0 Å². The van der Waals surface area contributed by atoms with E-state index in [0.29, 0.717) is 22.9 Å². The fraction of sp³-hybridized carbons (Fsp3) is 0.333. The zero-order valence-corrected chi connectivity index (χ0v) is 8.08. The number of hydrogen-bond acceptors (Lipinski definition) is 3. The van der Waals surface area contributed by atoms with Crippen molar-refractivity contribution in [3.05, 3.63) is 28.8 Å². The number of rotatable bonds is 3. The van der Waals surface area contributed by atoms with Crippen LogP contribution in [0.25, 0.3) is 0 Å². The van der Waals surface area contributed by atoms with Gasteiger partial charge < -0.3 is 15.6 Å². The number of aliphatic hydroxyl groups excluding tert-OH is 1. The smallest absolute Gasteiger partial charge is 0.182 e. The lowest BCUT2D eigenvalue weighted by Crippen LogP contribution is -2.04. The molecule has 1 atom stereocenters. The molecule has 0 heterocycles. The normalized spacial score (nSPS) is 12.8. The topological polar surface area (TPSA) is 55.5 Å². The zero-order valence-electron chi connectivity index (χ0n) is 7.33. The van der Waals surface area contributed by atoms with Gasteiger partial charge in [-0.15, -0.1) is 0 Å². The Morgan fingerprint density at radius 1 is 1.62 bits per heavy atom. The van der Waals surface area contributed by atoms with Crippen molar-refractivity contribution in [1.82, 2.24) is 0 Å². The first-order valence-electron chi connectivity index (χ1n) is 3.99. The van der Waals surface area contributed by atoms with Gasteiger partial charge in [0.2, 0.25) is 0 Å². The van der Waals surface area contributed by atoms with Crippen LogP contribution in [0.4, 0.5) is 5.69 Å². The lowest BCUT2D eigenvalue weighted by atomic mass is 10.2. The van der Waals surface area contributed by atoms with E-state index in [1.807, 2.05) is 0 Å². The Morgan fingerprint density at radius 3 is 2.92 bits per heavy atom. The first-order valence-corrected chi connectivity index (χ1v) is 4.37. The van der Waals surface area contributed by atoms with Crippen LogP contribution in [0.5, 0.6) is 0 Å². The number of halogens is 1. The molecule has 0 aliphatic heterocycles. The summed E-state index contributed by atoms with van der Waals surface area (Å²) in [5, 5.41) is 9.92. The lowest BCUT2D eigenvalue weighted by Gasteiger charge is -2.12. The van der Waals surface area contributed by atoms with Crippen molar-refractivity contribution in [2.45, 2.75) is 13.2 Å². The van der Waals surface area contributed by atoms with Crippen LogP contribution in [-0.4, -0.2) is 11.7 Å². The summed E-state index contributed by atoms with van der Waals surface area (Å²) in [6, 6.07) is 4.90. The number of benzene rings is 1. The summed E-state index contributed by atoms with van der Waals surface area (Å²) in [4.78, 5) is 0. The van der Waals surface area contributed by atoms with Crippen LogP contribution in [0.1, 0.15) is 18.8 Å². The Labute approximate surface area is 82.1 Å². The first-order chi connectivity index (χ1) is 6.15. The third-order valence-corrected chi connectivity index (χ3v) is 1.95. The fourth-order valence-corrected chi connectivity index (χ4v) is 1.21. The molecule has 0 saturated carbocycles. The van der Waals surface area contributed by atoms with Gasteiger partial charge in [0, 0.05) is 22.9 Å². The molecule has 3 N–H and O–H groups in total. The fourth-order valence-electron chi connectivity index (χ4n) is 0.999. The molecule has 0 amide bonds. The molecular weight excluding hydrogens is 190 g/mol. The average molecular weight is 202 g/mol. The largest absolute Gasteiger partial charge is 0.399 e. The molecule has 1 aromatic carbocycles. The van der Waals surface area contributed by atoms with Gasteiger partial charge in [0.15, 0.2) is 6.29 Å². The van der Waals surface area contributed by atoms with Crippen LogP contribution in [0.15, 0.2) is 18.2 Å². The molecule has 0 spiro atoms. The SMILES string of the molecule is CCOC(O)c1cc(N)ccc1Cl. The van der Waals surface area contributed by atoms with E-state index in [4.69, 9.17) is 22.1 Å². The van der Waals surface area contributed by atoms with Crippen molar-refractivity contribution in [3.63, 3.8) is 0 Å². The van der Waals surface area contributed by atoms with E-state index in [0.717, 1.165) is 0 Å². The van der Waals surface area contributed by atoms with E-state index >= 15 is 0 Å². The van der Waals surface area contributed by atoms with Crippen LogP contribution in [-0.2, 0) is 4.74 Å². The van der Waals surface area contributed by atoms with Crippen LogP contribution < -0.4 is 5.73 Å². The average Bonchev–Trinajstić information content (AvgIpc) is 2.09. The van der Waals surface area contributed by atoms with E-state index in [9.17, 15) is 5.11 Å². The van der Waals surface area contributed by atoms with Crippen LogP contribution in [0.2, 0.25) is 5.02 Å². The number of ether oxygens (including phenoxy) is 1. The number of nitrogens with two attached hydrogens (primary N) is 1. The van der Waals surface area contributed by atoms with E-state index in [-0.39, 0.29) is 0 Å². The highest BCUT2D eigenvalue weighted by molar-refractivity contribution is 6.31. The summed E-state index contributed by atoms with van der Waals surface area (Å²) in [6.45, 7) is 2.22. The minimum absolute atomic E-state index is 0.423. The summed E-state index contributed by atoms with van der Waals surface area (Å²) in [6.07, 6.45) is -0.999.